The zero-order valence-corrected chi connectivity index (χ0v) is 12.1. The predicted molar refractivity (Wildman–Crippen MR) is 79.4 cm³/mol. The molecule has 0 atom stereocenters. The van der Waals surface area contributed by atoms with Crippen molar-refractivity contribution in [1.29, 1.82) is 0 Å². The number of methoxy groups -OCH3 is 1. The van der Waals surface area contributed by atoms with Crippen molar-refractivity contribution in [2.24, 2.45) is 0 Å². The van der Waals surface area contributed by atoms with E-state index in [1.807, 2.05) is 0 Å². The van der Waals surface area contributed by atoms with Gasteiger partial charge >= 0.3 is 5.97 Å². The van der Waals surface area contributed by atoms with E-state index >= 15 is 0 Å². The fourth-order valence-electron chi connectivity index (χ4n) is 1.74. The first-order valence-corrected chi connectivity index (χ1v) is 7.48. The Hall–Kier alpha value is -2.54. The van der Waals surface area contributed by atoms with Crippen LogP contribution >= 0.6 is 0 Å². The van der Waals surface area contributed by atoms with Crippen molar-refractivity contribution < 1.29 is 17.9 Å². The monoisotopic (exact) mass is 306 g/mol. The molecule has 3 N–H and O–H groups in total. The molecule has 0 aliphatic heterocycles. The van der Waals surface area contributed by atoms with Crippen LogP contribution in [-0.4, -0.2) is 21.5 Å². The van der Waals surface area contributed by atoms with Crippen LogP contribution in [0.5, 0.6) is 0 Å². The van der Waals surface area contributed by atoms with Gasteiger partial charge in [0.25, 0.3) is 10.0 Å². The molecule has 2 rings (SSSR count). The zero-order chi connectivity index (χ0) is 15.5. The SMILES string of the molecule is COC(=O)c1ccccc1S(=O)(=O)Nc1ccc(N)cc1. The van der Waals surface area contributed by atoms with Crippen molar-refractivity contribution in [1.82, 2.24) is 0 Å². The van der Waals surface area contributed by atoms with E-state index < -0.39 is 16.0 Å². The normalized spacial score (nSPS) is 10.9. The van der Waals surface area contributed by atoms with Gasteiger partial charge in [-0.1, -0.05) is 12.1 Å². The number of ether oxygens (including phenoxy) is 1. The molecule has 0 amide bonds. The Morgan fingerprint density at radius 2 is 1.71 bits per heavy atom. The number of benzene rings is 2. The van der Waals surface area contributed by atoms with E-state index in [2.05, 4.69) is 9.46 Å². The number of nitrogens with two attached hydrogens (primary N) is 1. The Kier molecular flexibility index (Phi) is 4.13. The minimum atomic E-state index is -3.90. The first kappa shape index (κ1) is 14.9. The highest BCUT2D eigenvalue weighted by Gasteiger charge is 2.22. The standard InChI is InChI=1S/C14H14N2O4S/c1-20-14(17)12-4-2-3-5-13(12)21(18,19)16-11-8-6-10(15)7-9-11/h2-9,16H,15H2,1H3. The molecule has 0 saturated carbocycles. The summed E-state index contributed by atoms with van der Waals surface area (Å²) in [6, 6.07) is 12.0. The third-order valence-electron chi connectivity index (χ3n) is 2.74. The highest BCUT2D eigenvalue weighted by molar-refractivity contribution is 7.92. The van der Waals surface area contributed by atoms with Gasteiger partial charge in [-0.15, -0.1) is 0 Å². The van der Waals surface area contributed by atoms with Crippen molar-refractivity contribution in [3.8, 4) is 0 Å². The van der Waals surface area contributed by atoms with Crippen LogP contribution in [0.3, 0.4) is 0 Å². The molecular formula is C14H14N2O4S. The van der Waals surface area contributed by atoms with Crippen molar-refractivity contribution in [3.63, 3.8) is 0 Å². The summed E-state index contributed by atoms with van der Waals surface area (Å²) in [7, 11) is -2.71. The molecule has 0 aliphatic carbocycles. The fourth-order valence-corrected chi connectivity index (χ4v) is 3.00. The van der Waals surface area contributed by atoms with E-state index in [1.165, 1.54) is 37.4 Å². The van der Waals surface area contributed by atoms with Crippen LogP contribution in [0.25, 0.3) is 0 Å². The van der Waals surface area contributed by atoms with Gasteiger partial charge < -0.3 is 10.5 Å². The number of rotatable bonds is 4. The van der Waals surface area contributed by atoms with E-state index in [-0.39, 0.29) is 10.5 Å². The van der Waals surface area contributed by atoms with Gasteiger partial charge in [0.15, 0.2) is 0 Å². The molecular weight excluding hydrogens is 292 g/mol. The molecule has 0 aromatic heterocycles. The zero-order valence-electron chi connectivity index (χ0n) is 11.2. The van der Waals surface area contributed by atoms with E-state index in [1.54, 1.807) is 18.2 Å². The van der Waals surface area contributed by atoms with Crippen molar-refractivity contribution in [2.45, 2.75) is 4.90 Å². The lowest BCUT2D eigenvalue weighted by molar-refractivity contribution is 0.0596. The summed E-state index contributed by atoms with van der Waals surface area (Å²) in [5, 5.41) is 0. The number of carbonyl (C=O) groups is 1. The Bertz CT molecular complexity index is 755. The first-order chi connectivity index (χ1) is 9.94. The Morgan fingerprint density at radius 3 is 2.33 bits per heavy atom. The highest BCUT2D eigenvalue weighted by Crippen LogP contribution is 2.21. The molecule has 0 unspecified atom stereocenters. The second kappa shape index (κ2) is 5.84. The van der Waals surface area contributed by atoms with Crippen LogP contribution in [0.4, 0.5) is 11.4 Å². The molecule has 0 radical (unpaired) electrons. The molecule has 0 aliphatic rings. The molecule has 110 valence electrons. The predicted octanol–water partition coefficient (Wildman–Crippen LogP) is 1.86. The third kappa shape index (κ3) is 3.32. The quantitative estimate of drug-likeness (QED) is 0.663. The summed E-state index contributed by atoms with van der Waals surface area (Å²) in [5.74, 6) is -0.715. The third-order valence-corrected chi connectivity index (χ3v) is 4.18. The van der Waals surface area contributed by atoms with E-state index in [0.29, 0.717) is 11.4 Å². The van der Waals surface area contributed by atoms with E-state index in [4.69, 9.17) is 5.73 Å². The van der Waals surface area contributed by atoms with Crippen LogP contribution in [0, 0.1) is 0 Å². The number of nitrogen functional groups attached to an aromatic ring is 1. The van der Waals surface area contributed by atoms with Gasteiger partial charge in [-0.05, 0) is 36.4 Å². The topological polar surface area (TPSA) is 98.5 Å². The minimum Gasteiger partial charge on any atom is -0.465 e. The van der Waals surface area contributed by atoms with Crippen molar-refractivity contribution in [3.05, 3.63) is 54.1 Å². The van der Waals surface area contributed by atoms with Gasteiger partial charge in [-0.25, -0.2) is 13.2 Å². The number of nitrogens with one attached hydrogen (secondary N) is 1. The average molecular weight is 306 g/mol. The Morgan fingerprint density at radius 1 is 1.10 bits per heavy atom. The summed E-state index contributed by atoms with van der Waals surface area (Å²) in [5.41, 5.74) is 6.39. The van der Waals surface area contributed by atoms with Gasteiger partial charge in [0.1, 0.15) is 4.90 Å². The van der Waals surface area contributed by atoms with Crippen molar-refractivity contribution >= 4 is 27.4 Å². The van der Waals surface area contributed by atoms with Crippen LogP contribution in [-0.2, 0) is 14.8 Å². The lowest BCUT2D eigenvalue weighted by Gasteiger charge is -2.11. The molecule has 7 heteroatoms. The number of sulfonamides is 1. The number of esters is 1. The molecule has 0 bridgehead atoms. The molecule has 0 saturated heterocycles. The van der Waals surface area contributed by atoms with Gasteiger partial charge in [-0.2, -0.15) is 0 Å². The number of anilines is 2. The molecule has 2 aromatic rings. The highest BCUT2D eigenvalue weighted by atomic mass is 32.2. The van der Waals surface area contributed by atoms with Crippen LogP contribution in [0.1, 0.15) is 10.4 Å². The summed E-state index contributed by atoms with van der Waals surface area (Å²) in [4.78, 5) is 11.5. The van der Waals surface area contributed by atoms with Gasteiger partial charge in [0, 0.05) is 11.4 Å². The maximum Gasteiger partial charge on any atom is 0.339 e. The van der Waals surface area contributed by atoms with Crippen LogP contribution in [0.2, 0.25) is 0 Å². The second-order valence-corrected chi connectivity index (χ2v) is 5.87. The Labute approximate surface area is 122 Å². The first-order valence-electron chi connectivity index (χ1n) is 6.00. The average Bonchev–Trinajstić information content (AvgIpc) is 2.48. The molecule has 0 fully saturated rings. The smallest absolute Gasteiger partial charge is 0.339 e. The molecule has 0 spiro atoms. The largest absolute Gasteiger partial charge is 0.465 e. The maximum atomic E-state index is 12.4. The van der Waals surface area contributed by atoms with Gasteiger partial charge in [-0.3, -0.25) is 4.72 Å². The molecule has 2 aromatic carbocycles. The van der Waals surface area contributed by atoms with E-state index in [0.717, 1.165) is 0 Å². The summed E-state index contributed by atoms with van der Waals surface area (Å²) in [6.07, 6.45) is 0. The van der Waals surface area contributed by atoms with Crippen LogP contribution < -0.4 is 10.5 Å². The fraction of sp³-hybridized carbons (Fsp3) is 0.0714. The van der Waals surface area contributed by atoms with Crippen molar-refractivity contribution in [2.75, 3.05) is 17.6 Å². The van der Waals surface area contributed by atoms with Crippen LogP contribution in [0.15, 0.2) is 53.4 Å². The Balaban J connectivity index is 2.40. The summed E-state index contributed by atoms with van der Waals surface area (Å²) < 4.78 is 31.7. The second-order valence-electron chi connectivity index (χ2n) is 4.22. The number of hydrogen-bond acceptors (Lipinski definition) is 5. The molecule has 6 nitrogen and oxygen atoms in total. The van der Waals surface area contributed by atoms with Gasteiger partial charge in [0.2, 0.25) is 0 Å². The van der Waals surface area contributed by atoms with E-state index in [9.17, 15) is 13.2 Å². The molecule has 0 heterocycles. The minimum absolute atomic E-state index is 0.0251. The lowest BCUT2D eigenvalue weighted by atomic mass is 10.2. The summed E-state index contributed by atoms with van der Waals surface area (Å²) >= 11 is 0. The van der Waals surface area contributed by atoms with Gasteiger partial charge in [0.05, 0.1) is 12.7 Å². The lowest BCUT2D eigenvalue weighted by Crippen LogP contribution is -2.17. The number of hydrogen-bond donors (Lipinski definition) is 2. The molecule has 21 heavy (non-hydrogen) atoms. The number of carbonyl (C=O) groups excluding carboxylic acids is 1. The summed E-state index contributed by atoms with van der Waals surface area (Å²) in [6.45, 7) is 0. The maximum absolute atomic E-state index is 12.4.